The Morgan fingerprint density at radius 2 is 1.69 bits per heavy atom. The van der Waals surface area contributed by atoms with E-state index in [1.807, 2.05) is 50.2 Å². The lowest BCUT2D eigenvalue weighted by atomic mass is 9.93. The summed E-state index contributed by atoms with van der Waals surface area (Å²) in [5.41, 5.74) is 4.83. The number of hydrogen-bond donors (Lipinski definition) is 1. The summed E-state index contributed by atoms with van der Waals surface area (Å²) < 4.78 is 14.4. The largest absolute Gasteiger partial charge is 0.507 e. The average Bonchev–Trinajstić information content (AvgIpc) is 3.38. The lowest BCUT2D eigenvalue weighted by Crippen LogP contribution is -2.29. The van der Waals surface area contributed by atoms with E-state index < -0.39 is 23.5 Å². The van der Waals surface area contributed by atoms with E-state index >= 15 is 0 Å². The van der Waals surface area contributed by atoms with Gasteiger partial charge < -0.3 is 5.11 Å². The lowest BCUT2D eigenvalue weighted by Gasteiger charge is -2.23. The highest BCUT2D eigenvalue weighted by molar-refractivity contribution is 7.22. The molecule has 182 valence electrons. The first-order valence-electron chi connectivity index (χ1n) is 11.7. The molecule has 1 saturated heterocycles. The molecule has 1 atom stereocenters. The highest BCUT2D eigenvalue weighted by atomic mass is 32.1. The number of halogens is 1. The molecule has 5 nitrogen and oxygen atoms in total. The normalized spacial score (nSPS) is 17.5. The van der Waals surface area contributed by atoms with Gasteiger partial charge in [0.1, 0.15) is 11.6 Å². The maximum Gasteiger partial charge on any atom is 0.301 e. The summed E-state index contributed by atoms with van der Waals surface area (Å²) in [5.74, 6) is -2.07. The van der Waals surface area contributed by atoms with Crippen LogP contribution in [0.4, 0.5) is 9.52 Å². The number of aryl methyl sites for hydroxylation is 2. The molecule has 2 heterocycles. The molecule has 5 rings (SSSR count). The van der Waals surface area contributed by atoms with E-state index in [2.05, 4.69) is 13.8 Å². The Kier molecular flexibility index (Phi) is 5.96. The van der Waals surface area contributed by atoms with E-state index in [1.54, 1.807) is 0 Å². The first kappa shape index (κ1) is 23.9. The van der Waals surface area contributed by atoms with Crippen molar-refractivity contribution in [3.8, 4) is 0 Å². The number of ketones is 1. The van der Waals surface area contributed by atoms with Crippen molar-refractivity contribution in [3.63, 3.8) is 0 Å². The van der Waals surface area contributed by atoms with Crippen LogP contribution in [0.15, 0.2) is 66.2 Å². The van der Waals surface area contributed by atoms with E-state index in [4.69, 9.17) is 4.98 Å². The van der Waals surface area contributed by atoms with E-state index in [-0.39, 0.29) is 16.9 Å². The Balaban J connectivity index is 1.73. The molecule has 7 heteroatoms. The Morgan fingerprint density at radius 3 is 2.33 bits per heavy atom. The zero-order valence-corrected chi connectivity index (χ0v) is 21.2. The van der Waals surface area contributed by atoms with Gasteiger partial charge in [-0.25, -0.2) is 9.37 Å². The van der Waals surface area contributed by atoms with Crippen molar-refractivity contribution >= 4 is 44.1 Å². The zero-order valence-electron chi connectivity index (χ0n) is 20.4. The number of aromatic nitrogens is 1. The predicted molar refractivity (Wildman–Crippen MR) is 141 cm³/mol. The maximum atomic E-state index is 13.5. The molecule has 0 saturated carbocycles. The number of carbonyl (C=O) groups is 2. The van der Waals surface area contributed by atoms with Gasteiger partial charge in [-0.15, -0.1) is 0 Å². The fraction of sp³-hybridized carbons (Fsp3) is 0.207. The Bertz CT molecular complexity index is 1540. The van der Waals surface area contributed by atoms with Crippen molar-refractivity contribution in [2.45, 2.75) is 39.7 Å². The van der Waals surface area contributed by atoms with Gasteiger partial charge in [0, 0.05) is 5.56 Å². The Morgan fingerprint density at radius 1 is 1.03 bits per heavy atom. The smallest absolute Gasteiger partial charge is 0.301 e. The first-order chi connectivity index (χ1) is 17.2. The molecule has 1 aliphatic heterocycles. The minimum atomic E-state index is -0.877. The molecule has 0 unspecified atom stereocenters. The molecule has 36 heavy (non-hydrogen) atoms. The van der Waals surface area contributed by atoms with Crippen LogP contribution in [0.25, 0.3) is 16.0 Å². The van der Waals surface area contributed by atoms with Crippen molar-refractivity contribution in [2.24, 2.45) is 0 Å². The van der Waals surface area contributed by atoms with Gasteiger partial charge in [0.25, 0.3) is 5.78 Å². The van der Waals surface area contributed by atoms with E-state index in [9.17, 15) is 19.1 Å². The topological polar surface area (TPSA) is 70.5 Å². The number of anilines is 1. The van der Waals surface area contributed by atoms with Gasteiger partial charge in [0.05, 0.1) is 21.8 Å². The number of aliphatic hydroxyl groups is 1. The molecule has 4 aromatic rings. The Labute approximate surface area is 212 Å². The second-order valence-corrected chi connectivity index (χ2v) is 10.4. The molecule has 0 aliphatic carbocycles. The monoisotopic (exact) mass is 500 g/mol. The van der Waals surface area contributed by atoms with Gasteiger partial charge in [-0.05, 0) is 72.4 Å². The minimum Gasteiger partial charge on any atom is -0.507 e. The van der Waals surface area contributed by atoms with Crippen LogP contribution in [-0.4, -0.2) is 21.8 Å². The van der Waals surface area contributed by atoms with Gasteiger partial charge in [-0.3, -0.25) is 14.5 Å². The second-order valence-electron chi connectivity index (χ2n) is 9.42. The standard InChI is InChI=1S/C29H25FN2O3S/c1-15(2)18-5-7-19(8-6-18)25-23(26(33)20-9-11-21(30)12-10-20)27(34)28(35)32(25)29-31-24-17(4)13-16(3)14-22(24)36-29/h5-15,25,33H,1-4H3/t25-/m0/s1. The lowest BCUT2D eigenvalue weighted by molar-refractivity contribution is -0.132. The third-order valence-corrected chi connectivity index (χ3v) is 7.51. The van der Waals surface area contributed by atoms with E-state index in [0.717, 1.165) is 26.9 Å². The molecular weight excluding hydrogens is 475 g/mol. The quantitative estimate of drug-likeness (QED) is 0.190. The highest BCUT2D eigenvalue weighted by Crippen LogP contribution is 2.45. The number of aliphatic hydroxyl groups excluding tert-OH is 1. The molecular formula is C29H25FN2O3S. The average molecular weight is 501 g/mol. The number of carbonyl (C=O) groups excluding carboxylic acids is 2. The number of thiazole rings is 1. The molecule has 0 spiro atoms. The Hall–Kier alpha value is -3.84. The van der Waals surface area contributed by atoms with Gasteiger partial charge in [0.2, 0.25) is 0 Å². The van der Waals surface area contributed by atoms with Crippen LogP contribution in [0.2, 0.25) is 0 Å². The summed E-state index contributed by atoms with van der Waals surface area (Å²) in [6.07, 6.45) is 0. The van der Waals surface area contributed by atoms with E-state index in [1.165, 1.54) is 40.5 Å². The van der Waals surface area contributed by atoms with Crippen molar-refractivity contribution in [2.75, 3.05) is 4.90 Å². The summed E-state index contributed by atoms with van der Waals surface area (Å²) in [7, 11) is 0. The number of rotatable bonds is 4. The number of Topliss-reactive ketones (excluding diaryl/α,β-unsaturated/α-hetero) is 1. The number of benzene rings is 3. The number of hydrogen-bond acceptors (Lipinski definition) is 5. The zero-order chi connectivity index (χ0) is 25.7. The van der Waals surface area contributed by atoms with Crippen molar-refractivity contribution in [1.29, 1.82) is 0 Å². The van der Waals surface area contributed by atoms with Crippen molar-refractivity contribution in [1.82, 2.24) is 4.98 Å². The second kappa shape index (κ2) is 8.99. The molecule has 3 aromatic carbocycles. The van der Waals surface area contributed by atoms with Crippen LogP contribution in [0.5, 0.6) is 0 Å². The molecule has 1 aromatic heterocycles. The molecule has 1 aliphatic rings. The summed E-state index contributed by atoms with van der Waals surface area (Å²) >= 11 is 1.33. The summed E-state index contributed by atoms with van der Waals surface area (Å²) in [6.45, 7) is 8.13. The predicted octanol–water partition coefficient (Wildman–Crippen LogP) is 6.80. The first-order valence-corrected chi connectivity index (χ1v) is 12.5. The molecule has 1 amide bonds. The highest BCUT2D eigenvalue weighted by Gasteiger charge is 2.48. The van der Waals surface area contributed by atoms with Crippen LogP contribution < -0.4 is 4.90 Å². The van der Waals surface area contributed by atoms with Gasteiger partial charge >= 0.3 is 5.91 Å². The number of amides is 1. The maximum absolute atomic E-state index is 13.5. The molecule has 1 fully saturated rings. The third-order valence-electron chi connectivity index (χ3n) is 6.51. The molecule has 1 N–H and O–H groups in total. The van der Waals surface area contributed by atoms with Crippen LogP contribution in [-0.2, 0) is 9.59 Å². The van der Waals surface area contributed by atoms with Crippen LogP contribution in [0.3, 0.4) is 0 Å². The molecule has 0 radical (unpaired) electrons. The van der Waals surface area contributed by atoms with Crippen molar-refractivity contribution < 1.29 is 19.1 Å². The SMILES string of the molecule is Cc1cc(C)c2nc(N3C(=O)C(=O)C(=C(O)c4ccc(F)cc4)[C@@H]3c3ccc(C(C)C)cc3)sc2c1. The van der Waals surface area contributed by atoms with Gasteiger partial charge in [0.15, 0.2) is 5.13 Å². The minimum absolute atomic E-state index is 0.0453. The van der Waals surface area contributed by atoms with Gasteiger partial charge in [-0.2, -0.15) is 0 Å². The van der Waals surface area contributed by atoms with Crippen LogP contribution in [0.1, 0.15) is 53.6 Å². The fourth-order valence-electron chi connectivity index (χ4n) is 4.63. The number of fused-ring (bicyclic) bond motifs is 1. The van der Waals surface area contributed by atoms with Crippen molar-refractivity contribution in [3.05, 3.63) is 99.9 Å². The van der Waals surface area contributed by atoms with Crippen LogP contribution >= 0.6 is 11.3 Å². The number of nitrogens with zero attached hydrogens (tertiary/aromatic N) is 2. The summed E-state index contributed by atoms with van der Waals surface area (Å²) in [6, 6.07) is 16.0. The summed E-state index contributed by atoms with van der Waals surface area (Å²) in [4.78, 5) is 32.9. The van der Waals surface area contributed by atoms with E-state index in [0.29, 0.717) is 16.6 Å². The third kappa shape index (κ3) is 3.99. The van der Waals surface area contributed by atoms with Gasteiger partial charge in [-0.1, -0.05) is 55.5 Å². The molecule has 0 bridgehead atoms. The van der Waals surface area contributed by atoms with Crippen LogP contribution in [0, 0.1) is 19.7 Å². The fourth-order valence-corrected chi connectivity index (χ4v) is 5.80. The summed E-state index contributed by atoms with van der Waals surface area (Å²) in [5, 5.41) is 11.6.